The molecule has 3 N–H and O–H groups in total. The molecule has 0 unspecified atom stereocenters. The number of nitrogens with zero attached hydrogens (tertiary/aromatic N) is 2. The van der Waals surface area contributed by atoms with E-state index in [9.17, 15) is 13.2 Å². The van der Waals surface area contributed by atoms with Gasteiger partial charge in [-0.15, -0.1) is 0 Å². The van der Waals surface area contributed by atoms with Gasteiger partial charge in [-0.05, 0) is 30.7 Å². The second-order valence-corrected chi connectivity index (χ2v) is 4.92. The monoisotopic (exact) mass is 362 g/mol. The molecule has 0 saturated heterocycles. The normalized spacial score (nSPS) is 11.3. The number of aryl methyl sites for hydroxylation is 1. The summed E-state index contributed by atoms with van der Waals surface area (Å²) in [7, 11) is 0. The van der Waals surface area contributed by atoms with Gasteiger partial charge < -0.3 is 4.74 Å². The molecule has 0 fully saturated rings. The van der Waals surface area contributed by atoms with Gasteiger partial charge in [-0.1, -0.05) is 15.9 Å². The average molecular weight is 363 g/mol. The molecule has 0 atom stereocenters. The molecular formula is C12H10BrF3N4O. The van der Waals surface area contributed by atoms with Crippen molar-refractivity contribution in [2.24, 2.45) is 5.84 Å². The van der Waals surface area contributed by atoms with Gasteiger partial charge >= 0.3 is 6.18 Å². The highest BCUT2D eigenvalue weighted by Gasteiger charge is 2.34. The third-order valence-electron chi connectivity index (χ3n) is 2.47. The van der Waals surface area contributed by atoms with Crippen LogP contribution in [0, 0.1) is 6.92 Å². The van der Waals surface area contributed by atoms with Gasteiger partial charge in [-0.2, -0.15) is 18.2 Å². The molecule has 0 radical (unpaired) electrons. The maximum Gasteiger partial charge on any atom is 0.433 e. The van der Waals surface area contributed by atoms with Gasteiger partial charge in [0.2, 0.25) is 11.8 Å². The van der Waals surface area contributed by atoms with Crippen LogP contribution < -0.4 is 16.0 Å². The Morgan fingerprint density at radius 1 is 1.24 bits per heavy atom. The van der Waals surface area contributed by atoms with E-state index in [-0.39, 0.29) is 11.8 Å². The Labute approximate surface area is 126 Å². The number of nitrogens with one attached hydrogen (secondary N) is 1. The molecule has 0 spiro atoms. The summed E-state index contributed by atoms with van der Waals surface area (Å²) >= 11 is 3.32. The summed E-state index contributed by atoms with van der Waals surface area (Å²) in [5.41, 5.74) is 1.70. The fourth-order valence-electron chi connectivity index (χ4n) is 1.49. The van der Waals surface area contributed by atoms with Crippen LogP contribution in [0.4, 0.5) is 19.1 Å². The van der Waals surface area contributed by atoms with Crippen LogP contribution >= 0.6 is 15.9 Å². The van der Waals surface area contributed by atoms with Crippen LogP contribution in [-0.2, 0) is 6.18 Å². The molecule has 1 heterocycles. The van der Waals surface area contributed by atoms with Crippen molar-refractivity contribution >= 4 is 21.9 Å². The van der Waals surface area contributed by atoms with E-state index in [0.717, 1.165) is 10.0 Å². The summed E-state index contributed by atoms with van der Waals surface area (Å²) in [5.74, 6) is 4.78. The predicted molar refractivity (Wildman–Crippen MR) is 73.8 cm³/mol. The first kappa shape index (κ1) is 15.5. The smallest absolute Gasteiger partial charge is 0.433 e. The fraction of sp³-hybridized carbons (Fsp3) is 0.167. The van der Waals surface area contributed by atoms with Crippen molar-refractivity contribution in [3.63, 3.8) is 0 Å². The van der Waals surface area contributed by atoms with E-state index in [2.05, 4.69) is 25.9 Å². The molecule has 0 aliphatic rings. The highest BCUT2D eigenvalue weighted by Crippen LogP contribution is 2.32. The van der Waals surface area contributed by atoms with Gasteiger partial charge in [0.15, 0.2) is 5.69 Å². The summed E-state index contributed by atoms with van der Waals surface area (Å²) in [5, 5.41) is 0. The first-order valence-corrected chi connectivity index (χ1v) is 6.46. The maximum absolute atomic E-state index is 12.7. The minimum Gasteiger partial charge on any atom is -0.439 e. The van der Waals surface area contributed by atoms with E-state index in [1.807, 2.05) is 12.3 Å². The lowest BCUT2D eigenvalue weighted by Crippen LogP contribution is -2.15. The molecule has 2 aromatic rings. The standard InChI is InChI=1S/C12H10BrF3N4O/c1-6-4-7(2-3-8(6)13)21-10-5-9(12(14,15)16)18-11(19-10)20-17/h2-5H,17H2,1H3,(H,18,19,20). The van der Waals surface area contributed by atoms with Gasteiger partial charge in [0.05, 0.1) is 0 Å². The Balaban J connectivity index is 2.36. The largest absolute Gasteiger partial charge is 0.439 e. The molecule has 5 nitrogen and oxygen atoms in total. The zero-order chi connectivity index (χ0) is 15.6. The SMILES string of the molecule is Cc1cc(Oc2cc(C(F)(F)F)nc(NN)n2)ccc1Br. The molecule has 0 bridgehead atoms. The van der Waals surface area contributed by atoms with E-state index in [1.165, 1.54) is 0 Å². The number of rotatable bonds is 3. The maximum atomic E-state index is 12.7. The van der Waals surface area contributed by atoms with Gasteiger partial charge in [-0.25, -0.2) is 10.8 Å². The first-order chi connectivity index (χ1) is 9.79. The Kier molecular flexibility index (Phi) is 4.33. The van der Waals surface area contributed by atoms with E-state index in [0.29, 0.717) is 11.8 Å². The molecule has 0 amide bonds. The van der Waals surface area contributed by atoms with Crippen LogP contribution in [0.15, 0.2) is 28.7 Å². The number of nitrogen functional groups attached to an aromatic ring is 1. The number of nitrogens with two attached hydrogens (primary N) is 1. The molecule has 1 aromatic heterocycles. The Morgan fingerprint density at radius 2 is 1.95 bits per heavy atom. The Morgan fingerprint density at radius 3 is 2.52 bits per heavy atom. The van der Waals surface area contributed by atoms with Crippen molar-refractivity contribution in [2.75, 3.05) is 5.43 Å². The predicted octanol–water partition coefficient (Wildman–Crippen LogP) is 3.64. The topological polar surface area (TPSA) is 73.1 Å². The zero-order valence-electron chi connectivity index (χ0n) is 10.7. The number of hydrazine groups is 1. The highest BCUT2D eigenvalue weighted by molar-refractivity contribution is 9.10. The molecular weight excluding hydrogens is 353 g/mol. The van der Waals surface area contributed by atoms with Crippen LogP contribution in [0.1, 0.15) is 11.3 Å². The Hall–Kier alpha value is -1.87. The Bertz CT molecular complexity index is 663. The van der Waals surface area contributed by atoms with Gasteiger partial charge in [0, 0.05) is 10.5 Å². The number of hydrogen-bond donors (Lipinski definition) is 2. The lowest BCUT2D eigenvalue weighted by Gasteiger charge is -2.11. The van der Waals surface area contributed by atoms with Gasteiger partial charge in [-0.3, -0.25) is 5.43 Å². The van der Waals surface area contributed by atoms with Gasteiger partial charge in [0.25, 0.3) is 0 Å². The van der Waals surface area contributed by atoms with Crippen LogP contribution in [0.3, 0.4) is 0 Å². The van der Waals surface area contributed by atoms with E-state index in [4.69, 9.17) is 10.6 Å². The number of hydrogen-bond acceptors (Lipinski definition) is 5. The fourth-order valence-corrected chi connectivity index (χ4v) is 1.74. The van der Waals surface area contributed by atoms with Crippen molar-refractivity contribution in [3.8, 4) is 11.6 Å². The van der Waals surface area contributed by atoms with E-state index >= 15 is 0 Å². The summed E-state index contributed by atoms with van der Waals surface area (Å²) in [6, 6.07) is 5.69. The van der Waals surface area contributed by atoms with Crippen molar-refractivity contribution in [1.82, 2.24) is 9.97 Å². The molecule has 1 aromatic carbocycles. The van der Waals surface area contributed by atoms with Gasteiger partial charge in [0.1, 0.15) is 5.75 Å². The third-order valence-corrected chi connectivity index (χ3v) is 3.36. The number of alkyl halides is 3. The quantitative estimate of drug-likeness (QED) is 0.644. The molecule has 21 heavy (non-hydrogen) atoms. The summed E-state index contributed by atoms with van der Waals surface area (Å²) in [6.45, 7) is 1.82. The molecule has 2 rings (SSSR count). The second kappa shape index (κ2) is 5.86. The summed E-state index contributed by atoms with van der Waals surface area (Å²) in [4.78, 5) is 6.97. The molecule has 0 aliphatic heterocycles. The van der Waals surface area contributed by atoms with Crippen LogP contribution in [-0.4, -0.2) is 9.97 Å². The second-order valence-electron chi connectivity index (χ2n) is 4.07. The van der Waals surface area contributed by atoms with Crippen LogP contribution in [0.2, 0.25) is 0 Å². The van der Waals surface area contributed by atoms with E-state index in [1.54, 1.807) is 18.2 Å². The van der Waals surface area contributed by atoms with Crippen molar-refractivity contribution in [1.29, 1.82) is 0 Å². The zero-order valence-corrected chi connectivity index (χ0v) is 12.3. The molecule has 9 heteroatoms. The number of benzene rings is 1. The highest BCUT2D eigenvalue weighted by atomic mass is 79.9. The summed E-state index contributed by atoms with van der Waals surface area (Å²) in [6.07, 6.45) is -4.62. The van der Waals surface area contributed by atoms with Crippen molar-refractivity contribution in [2.45, 2.75) is 13.1 Å². The average Bonchev–Trinajstić information content (AvgIpc) is 2.41. The van der Waals surface area contributed by atoms with E-state index < -0.39 is 11.9 Å². The third kappa shape index (κ3) is 3.82. The number of aromatic nitrogens is 2. The number of anilines is 1. The molecule has 0 aliphatic carbocycles. The number of halogens is 4. The summed E-state index contributed by atoms with van der Waals surface area (Å²) < 4.78 is 44.3. The number of ether oxygens (including phenoxy) is 1. The lowest BCUT2D eigenvalue weighted by atomic mass is 10.2. The molecule has 0 saturated carbocycles. The molecule has 112 valence electrons. The lowest BCUT2D eigenvalue weighted by molar-refractivity contribution is -0.141. The first-order valence-electron chi connectivity index (χ1n) is 5.66. The van der Waals surface area contributed by atoms with Crippen LogP contribution in [0.5, 0.6) is 11.6 Å². The van der Waals surface area contributed by atoms with Crippen molar-refractivity contribution in [3.05, 3.63) is 40.0 Å². The van der Waals surface area contributed by atoms with Crippen molar-refractivity contribution < 1.29 is 17.9 Å². The minimum atomic E-state index is -4.62. The minimum absolute atomic E-state index is 0.257. The van der Waals surface area contributed by atoms with Crippen LogP contribution in [0.25, 0.3) is 0 Å².